The fraction of sp³-hybridized carbons (Fsp3) is 0.353. The van der Waals surface area contributed by atoms with Crippen molar-refractivity contribution in [3.63, 3.8) is 0 Å². The third kappa shape index (κ3) is 3.17. The van der Waals surface area contributed by atoms with Gasteiger partial charge in [0.15, 0.2) is 0 Å². The van der Waals surface area contributed by atoms with E-state index in [2.05, 4.69) is 41.6 Å². The zero-order valence-electron chi connectivity index (χ0n) is 11.9. The normalized spacial score (nSPS) is 15.6. The predicted octanol–water partition coefficient (Wildman–Crippen LogP) is 3.42. The first-order valence-corrected chi connectivity index (χ1v) is 7.34. The average molecular weight is 267 g/mol. The minimum absolute atomic E-state index is 0.790. The van der Waals surface area contributed by atoms with E-state index < -0.39 is 0 Å². The van der Waals surface area contributed by atoms with Gasteiger partial charge in [-0.2, -0.15) is 5.10 Å². The van der Waals surface area contributed by atoms with Crippen LogP contribution >= 0.6 is 0 Å². The maximum atomic E-state index is 4.43. The minimum atomic E-state index is 0.790. The topological polar surface area (TPSA) is 29.9 Å². The minimum Gasteiger partial charge on any atom is -0.314 e. The van der Waals surface area contributed by atoms with Gasteiger partial charge < -0.3 is 5.32 Å². The van der Waals surface area contributed by atoms with Gasteiger partial charge in [0.05, 0.1) is 17.6 Å². The molecule has 1 aliphatic rings. The quantitative estimate of drug-likeness (QED) is 0.813. The highest BCUT2D eigenvalue weighted by Crippen LogP contribution is 2.20. The van der Waals surface area contributed by atoms with Crippen LogP contribution in [0.3, 0.4) is 0 Å². The van der Waals surface area contributed by atoms with Crippen molar-refractivity contribution < 1.29 is 0 Å². The summed E-state index contributed by atoms with van der Waals surface area (Å²) < 4.78 is 2.00. The molecule has 1 heterocycles. The fourth-order valence-corrected chi connectivity index (χ4v) is 2.35. The van der Waals surface area contributed by atoms with Crippen molar-refractivity contribution >= 4 is 5.57 Å². The highest BCUT2D eigenvalue weighted by Gasteiger charge is 2.19. The molecule has 1 aromatic heterocycles. The molecule has 104 valence electrons. The number of nitrogens with zero attached hydrogens (tertiary/aromatic N) is 2. The molecule has 1 N–H and O–H groups in total. The van der Waals surface area contributed by atoms with Gasteiger partial charge in [-0.1, -0.05) is 24.3 Å². The van der Waals surface area contributed by atoms with Crippen LogP contribution in [0.25, 0.3) is 11.3 Å². The Morgan fingerprint density at radius 2 is 2.10 bits per heavy atom. The Kier molecular flexibility index (Phi) is 3.97. The van der Waals surface area contributed by atoms with Crippen LogP contribution in [-0.4, -0.2) is 22.4 Å². The van der Waals surface area contributed by atoms with Gasteiger partial charge >= 0.3 is 0 Å². The summed E-state index contributed by atoms with van der Waals surface area (Å²) in [7, 11) is 0. The van der Waals surface area contributed by atoms with Crippen molar-refractivity contribution in [2.24, 2.45) is 0 Å². The Bertz CT molecular complexity index is 579. The Morgan fingerprint density at radius 3 is 2.85 bits per heavy atom. The highest BCUT2D eigenvalue weighted by atomic mass is 15.3. The maximum absolute atomic E-state index is 4.43. The van der Waals surface area contributed by atoms with Crippen molar-refractivity contribution in [3.05, 3.63) is 54.4 Å². The molecule has 0 radical (unpaired) electrons. The molecule has 1 fully saturated rings. The van der Waals surface area contributed by atoms with Crippen LogP contribution < -0.4 is 5.32 Å². The maximum Gasteiger partial charge on any atom is 0.0694 e. The molecule has 0 amide bonds. The summed E-state index contributed by atoms with van der Waals surface area (Å²) in [6, 6.07) is 13.1. The van der Waals surface area contributed by atoms with Gasteiger partial charge in [0.1, 0.15) is 0 Å². The summed E-state index contributed by atoms with van der Waals surface area (Å²) >= 11 is 0. The zero-order chi connectivity index (χ0) is 13.8. The molecule has 1 aromatic carbocycles. The monoisotopic (exact) mass is 267 g/mol. The number of benzene rings is 1. The summed E-state index contributed by atoms with van der Waals surface area (Å²) in [6.45, 7) is 3.23. The number of para-hydroxylation sites is 1. The van der Waals surface area contributed by atoms with Crippen LogP contribution in [0.5, 0.6) is 0 Å². The van der Waals surface area contributed by atoms with Gasteiger partial charge in [-0.3, -0.25) is 0 Å². The van der Waals surface area contributed by atoms with Crippen molar-refractivity contribution in [1.29, 1.82) is 0 Å². The summed E-state index contributed by atoms with van der Waals surface area (Å²) in [5.74, 6) is 0. The van der Waals surface area contributed by atoms with Gasteiger partial charge in [-0.15, -0.1) is 0 Å². The molecule has 0 unspecified atom stereocenters. The van der Waals surface area contributed by atoms with Crippen LogP contribution in [0.15, 0.2) is 48.7 Å². The molecule has 3 heteroatoms. The molecule has 0 bridgehead atoms. The number of hydrogen-bond acceptors (Lipinski definition) is 2. The van der Waals surface area contributed by atoms with Crippen LogP contribution in [-0.2, 0) is 0 Å². The van der Waals surface area contributed by atoms with E-state index in [9.17, 15) is 0 Å². The average Bonchev–Trinajstić information content (AvgIpc) is 3.18. The largest absolute Gasteiger partial charge is 0.314 e. The third-order valence-corrected chi connectivity index (χ3v) is 3.65. The Balaban J connectivity index is 1.69. The second kappa shape index (κ2) is 6.06. The molecular formula is C17H21N3. The lowest BCUT2D eigenvalue weighted by atomic mass is 10.1. The van der Waals surface area contributed by atoms with Crippen LogP contribution in [0.1, 0.15) is 31.9 Å². The van der Waals surface area contributed by atoms with E-state index in [1.54, 1.807) is 0 Å². The zero-order valence-corrected chi connectivity index (χ0v) is 11.9. The van der Waals surface area contributed by atoms with Gasteiger partial charge in [-0.05, 0) is 56.5 Å². The molecule has 0 spiro atoms. The molecule has 0 saturated heterocycles. The first-order valence-electron chi connectivity index (χ1n) is 7.34. The first-order chi connectivity index (χ1) is 9.84. The Hall–Kier alpha value is -1.87. The van der Waals surface area contributed by atoms with E-state index in [1.165, 1.54) is 24.1 Å². The molecule has 2 aromatic rings. The first kappa shape index (κ1) is 13.1. The predicted molar refractivity (Wildman–Crippen MR) is 82.9 cm³/mol. The van der Waals surface area contributed by atoms with E-state index in [-0.39, 0.29) is 0 Å². The smallest absolute Gasteiger partial charge is 0.0694 e. The number of allylic oxidation sites excluding steroid dienone is 1. The molecule has 3 nitrogen and oxygen atoms in total. The molecule has 20 heavy (non-hydrogen) atoms. The standard InChI is InChI=1S/C17H21N3/c1-14(6-5-12-18-15-9-10-15)17-11-13-19-20(17)16-7-3-2-4-8-16/h2-4,6-8,11,13,15,18H,5,9-10,12H2,1H3/b14-6-. The van der Waals surface area contributed by atoms with Gasteiger partial charge in [0.25, 0.3) is 0 Å². The van der Waals surface area contributed by atoms with Gasteiger partial charge in [0.2, 0.25) is 0 Å². The van der Waals surface area contributed by atoms with Crippen LogP contribution in [0.2, 0.25) is 0 Å². The third-order valence-electron chi connectivity index (χ3n) is 3.65. The molecular weight excluding hydrogens is 246 g/mol. The molecule has 3 rings (SSSR count). The number of nitrogens with one attached hydrogen (secondary N) is 1. The Morgan fingerprint density at radius 1 is 1.30 bits per heavy atom. The van der Waals surface area contributed by atoms with E-state index in [0.717, 1.165) is 24.7 Å². The summed E-state index contributed by atoms with van der Waals surface area (Å²) in [4.78, 5) is 0. The van der Waals surface area contributed by atoms with Gasteiger partial charge in [0, 0.05) is 6.04 Å². The fourth-order valence-electron chi connectivity index (χ4n) is 2.35. The van der Waals surface area contributed by atoms with E-state index in [4.69, 9.17) is 0 Å². The molecule has 0 aliphatic heterocycles. The second-order valence-electron chi connectivity index (χ2n) is 5.37. The lowest BCUT2D eigenvalue weighted by Crippen LogP contribution is -2.16. The van der Waals surface area contributed by atoms with Gasteiger partial charge in [-0.25, -0.2) is 4.68 Å². The van der Waals surface area contributed by atoms with Crippen molar-refractivity contribution in [2.75, 3.05) is 6.54 Å². The number of aromatic nitrogens is 2. The van der Waals surface area contributed by atoms with Crippen LogP contribution in [0.4, 0.5) is 0 Å². The summed E-state index contributed by atoms with van der Waals surface area (Å²) in [5, 5.41) is 7.97. The molecule has 1 aliphatic carbocycles. The van der Waals surface area contributed by atoms with Crippen molar-refractivity contribution in [3.8, 4) is 5.69 Å². The lowest BCUT2D eigenvalue weighted by Gasteiger charge is -2.08. The molecule has 0 atom stereocenters. The molecule has 1 saturated carbocycles. The van der Waals surface area contributed by atoms with E-state index in [0.29, 0.717) is 0 Å². The SMILES string of the molecule is C/C(=C/CCNC1CC1)c1ccnn1-c1ccccc1. The van der Waals surface area contributed by atoms with Crippen molar-refractivity contribution in [1.82, 2.24) is 15.1 Å². The summed E-state index contributed by atoms with van der Waals surface area (Å²) in [6.07, 6.45) is 7.93. The van der Waals surface area contributed by atoms with Crippen LogP contribution in [0, 0.1) is 0 Å². The second-order valence-corrected chi connectivity index (χ2v) is 5.37. The number of hydrogen-bond donors (Lipinski definition) is 1. The number of rotatable bonds is 6. The van der Waals surface area contributed by atoms with E-state index >= 15 is 0 Å². The Labute approximate surface area is 120 Å². The highest BCUT2D eigenvalue weighted by molar-refractivity contribution is 5.62. The van der Waals surface area contributed by atoms with E-state index in [1.807, 2.05) is 29.1 Å². The lowest BCUT2D eigenvalue weighted by molar-refractivity contribution is 0.690. The summed E-state index contributed by atoms with van der Waals surface area (Å²) in [5.41, 5.74) is 3.56. The van der Waals surface area contributed by atoms with Crippen molar-refractivity contribution in [2.45, 2.75) is 32.2 Å².